The van der Waals surface area contributed by atoms with E-state index in [9.17, 15) is 13.6 Å². The molecule has 1 saturated heterocycles. The van der Waals surface area contributed by atoms with E-state index in [1.54, 1.807) is 6.20 Å². The molecule has 1 saturated carbocycles. The van der Waals surface area contributed by atoms with Crippen molar-refractivity contribution in [2.45, 2.75) is 50.9 Å². The number of nitrogens with zero attached hydrogens (tertiary/aromatic N) is 2. The summed E-state index contributed by atoms with van der Waals surface area (Å²) in [5.41, 5.74) is 1.09. The Bertz CT molecular complexity index is 493. The van der Waals surface area contributed by atoms with Crippen molar-refractivity contribution in [2.75, 3.05) is 13.1 Å². The third kappa shape index (κ3) is 3.65. The van der Waals surface area contributed by atoms with Gasteiger partial charge in [-0.25, -0.2) is 8.78 Å². The lowest BCUT2D eigenvalue weighted by atomic mass is 9.85. The lowest BCUT2D eigenvalue weighted by Gasteiger charge is -2.36. The predicted molar refractivity (Wildman–Crippen MR) is 78.5 cm³/mol. The van der Waals surface area contributed by atoms with Crippen LogP contribution in [0, 0.1) is 11.8 Å². The Labute approximate surface area is 129 Å². The molecule has 1 aromatic heterocycles. The number of carbonyl (C=O) groups excluding carboxylic acids is 1. The minimum atomic E-state index is -2.57. The summed E-state index contributed by atoms with van der Waals surface area (Å²) in [5, 5.41) is 6.92. The molecule has 6 heteroatoms. The van der Waals surface area contributed by atoms with E-state index in [1.165, 1.54) is 0 Å². The minimum Gasteiger partial charge on any atom is -0.342 e. The zero-order valence-electron chi connectivity index (χ0n) is 12.7. The number of hydrogen-bond donors (Lipinski definition) is 1. The van der Waals surface area contributed by atoms with E-state index in [2.05, 4.69) is 10.2 Å². The molecule has 0 unspecified atom stereocenters. The van der Waals surface area contributed by atoms with Gasteiger partial charge in [0.1, 0.15) is 0 Å². The number of piperidine rings is 1. The number of nitrogens with one attached hydrogen (secondary N) is 1. The van der Waals surface area contributed by atoms with Crippen LogP contribution in [0.2, 0.25) is 0 Å². The van der Waals surface area contributed by atoms with Crippen molar-refractivity contribution in [3.05, 3.63) is 18.0 Å². The van der Waals surface area contributed by atoms with Gasteiger partial charge in [-0.1, -0.05) is 0 Å². The van der Waals surface area contributed by atoms with Crippen LogP contribution in [-0.2, 0) is 11.2 Å². The van der Waals surface area contributed by atoms with Crippen LogP contribution in [0.25, 0.3) is 0 Å². The van der Waals surface area contributed by atoms with Crippen molar-refractivity contribution >= 4 is 5.91 Å². The van der Waals surface area contributed by atoms with Crippen LogP contribution in [-0.4, -0.2) is 40.0 Å². The molecule has 2 fully saturated rings. The zero-order chi connectivity index (χ0) is 15.6. The number of aromatic amines is 1. The minimum absolute atomic E-state index is 0.0878. The van der Waals surface area contributed by atoms with Gasteiger partial charge in [0, 0.05) is 43.7 Å². The van der Waals surface area contributed by atoms with Crippen LogP contribution in [0.5, 0.6) is 0 Å². The van der Waals surface area contributed by atoms with Crippen molar-refractivity contribution in [2.24, 2.45) is 11.8 Å². The largest absolute Gasteiger partial charge is 0.342 e. The Kier molecular flexibility index (Phi) is 4.45. The molecule has 3 rings (SSSR count). The topological polar surface area (TPSA) is 49.0 Å². The SMILES string of the molecule is O=C(C1CCC(F)(F)CC1)N1CCC[C@H](Cc2ccn[nH]2)C1. The van der Waals surface area contributed by atoms with E-state index in [1.807, 2.05) is 11.0 Å². The number of halogens is 2. The lowest BCUT2D eigenvalue weighted by Crippen LogP contribution is -2.45. The fraction of sp³-hybridized carbons (Fsp3) is 0.750. The summed E-state index contributed by atoms with van der Waals surface area (Å²) >= 11 is 0. The summed E-state index contributed by atoms with van der Waals surface area (Å²) in [4.78, 5) is 14.5. The van der Waals surface area contributed by atoms with Gasteiger partial charge in [0.15, 0.2) is 0 Å². The fourth-order valence-corrected chi connectivity index (χ4v) is 3.69. The van der Waals surface area contributed by atoms with Gasteiger partial charge in [0.25, 0.3) is 0 Å². The van der Waals surface area contributed by atoms with Crippen LogP contribution in [0.15, 0.2) is 12.3 Å². The molecule has 1 atom stereocenters. The van der Waals surface area contributed by atoms with Gasteiger partial charge in [-0.3, -0.25) is 9.89 Å². The number of H-pyrrole nitrogens is 1. The molecule has 2 heterocycles. The maximum Gasteiger partial charge on any atom is 0.248 e. The summed E-state index contributed by atoms with van der Waals surface area (Å²) in [6, 6.07) is 1.96. The third-order valence-corrected chi connectivity index (χ3v) is 4.96. The van der Waals surface area contributed by atoms with E-state index in [4.69, 9.17) is 0 Å². The normalized spacial score (nSPS) is 26.1. The molecule has 0 aromatic carbocycles. The first-order valence-corrected chi connectivity index (χ1v) is 8.18. The van der Waals surface area contributed by atoms with Crippen molar-refractivity contribution in [3.8, 4) is 0 Å². The summed E-state index contributed by atoms with van der Waals surface area (Å²) in [6.45, 7) is 1.51. The standard InChI is InChI=1S/C16H23F2N3O/c17-16(18)6-3-13(4-7-16)15(22)21-9-1-2-12(11-21)10-14-5-8-19-20-14/h5,8,12-13H,1-4,6-7,9-11H2,(H,19,20)/t12-/m1/s1. The highest BCUT2D eigenvalue weighted by Gasteiger charge is 2.39. The van der Waals surface area contributed by atoms with E-state index < -0.39 is 5.92 Å². The summed E-state index contributed by atoms with van der Waals surface area (Å²) in [5.74, 6) is -2.25. The number of alkyl halides is 2. The molecule has 1 aliphatic carbocycles. The second-order valence-corrected chi connectivity index (χ2v) is 6.71. The van der Waals surface area contributed by atoms with Crippen molar-refractivity contribution in [3.63, 3.8) is 0 Å². The van der Waals surface area contributed by atoms with Gasteiger partial charge in [-0.2, -0.15) is 5.10 Å². The highest BCUT2D eigenvalue weighted by molar-refractivity contribution is 5.79. The van der Waals surface area contributed by atoms with Gasteiger partial charge in [-0.05, 0) is 44.1 Å². The van der Waals surface area contributed by atoms with Crippen LogP contribution in [0.3, 0.4) is 0 Å². The monoisotopic (exact) mass is 311 g/mol. The summed E-state index contributed by atoms with van der Waals surface area (Å²) in [6.07, 6.45) is 5.10. The Balaban J connectivity index is 1.54. The molecule has 0 bridgehead atoms. The van der Waals surface area contributed by atoms with Crippen molar-refractivity contribution in [1.29, 1.82) is 0 Å². The van der Waals surface area contributed by atoms with Gasteiger partial charge in [-0.15, -0.1) is 0 Å². The van der Waals surface area contributed by atoms with Crippen molar-refractivity contribution in [1.82, 2.24) is 15.1 Å². The Hall–Kier alpha value is -1.46. The molecule has 22 heavy (non-hydrogen) atoms. The molecule has 1 N–H and O–H groups in total. The second-order valence-electron chi connectivity index (χ2n) is 6.71. The maximum absolute atomic E-state index is 13.2. The molecule has 0 spiro atoms. The number of rotatable bonds is 3. The fourth-order valence-electron chi connectivity index (χ4n) is 3.69. The first-order chi connectivity index (χ1) is 10.5. The molecule has 0 radical (unpaired) electrons. The van der Waals surface area contributed by atoms with Crippen LogP contribution >= 0.6 is 0 Å². The Morgan fingerprint density at radius 2 is 2.14 bits per heavy atom. The summed E-state index contributed by atoms with van der Waals surface area (Å²) < 4.78 is 26.4. The average molecular weight is 311 g/mol. The van der Waals surface area contributed by atoms with E-state index >= 15 is 0 Å². The Morgan fingerprint density at radius 1 is 1.36 bits per heavy atom. The Morgan fingerprint density at radius 3 is 2.82 bits per heavy atom. The van der Waals surface area contributed by atoms with E-state index in [-0.39, 0.29) is 24.7 Å². The summed E-state index contributed by atoms with van der Waals surface area (Å²) in [7, 11) is 0. The van der Waals surface area contributed by atoms with Crippen LogP contribution in [0.1, 0.15) is 44.2 Å². The first-order valence-electron chi connectivity index (χ1n) is 8.18. The highest BCUT2D eigenvalue weighted by atomic mass is 19.3. The molecule has 4 nitrogen and oxygen atoms in total. The maximum atomic E-state index is 13.2. The van der Waals surface area contributed by atoms with Crippen molar-refractivity contribution < 1.29 is 13.6 Å². The second kappa shape index (κ2) is 6.34. The highest BCUT2D eigenvalue weighted by Crippen LogP contribution is 2.37. The molecule has 1 aliphatic heterocycles. The van der Waals surface area contributed by atoms with Crippen LogP contribution < -0.4 is 0 Å². The quantitative estimate of drug-likeness (QED) is 0.933. The van der Waals surface area contributed by atoms with E-state index in [0.29, 0.717) is 18.8 Å². The predicted octanol–water partition coefficient (Wildman–Crippen LogP) is 3.02. The van der Waals surface area contributed by atoms with Crippen LogP contribution in [0.4, 0.5) is 8.78 Å². The number of aromatic nitrogens is 2. The van der Waals surface area contributed by atoms with Gasteiger partial charge in [0.05, 0.1) is 0 Å². The molecular weight excluding hydrogens is 288 g/mol. The number of likely N-dealkylation sites (tertiary alicyclic amines) is 1. The van der Waals surface area contributed by atoms with Gasteiger partial charge in [0.2, 0.25) is 11.8 Å². The lowest BCUT2D eigenvalue weighted by molar-refractivity contribution is -0.141. The molecule has 1 aromatic rings. The third-order valence-electron chi connectivity index (χ3n) is 4.96. The van der Waals surface area contributed by atoms with Gasteiger partial charge < -0.3 is 4.90 Å². The molecular formula is C16H23F2N3O. The first kappa shape index (κ1) is 15.4. The number of amides is 1. The molecule has 2 aliphatic rings. The van der Waals surface area contributed by atoms with E-state index in [0.717, 1.165) is 38.0 Å². The smallest absolute Gasteiger partial charge is 0.248 e. The molecule has 1 amide bonds. The average Bonchev–Trinajstić information content (AvgIpc) is 3.00. The zero-order valence-corrected chi connectivity index (χ0v) is 12.7. The molecule has 122 valence electrons. The number of hydrogen-bond acceptors (Lipinski definition) is 2. The van der Waals surface area contributed by atoms with Gasteiger partial charge >= 0.3 is 0 Å². The number of carbonyl (C=O) groups is 1.